The van der Waals surface area contributed by atoms with Gasteiger partial charge in [-0.15, -0.1) is 0 Å². The Kier molecular flexibility index (Phi) is 9.37. The molecule has 0 rings (SSSR count). The Balaban J connectivity index is 4.26. The molecule has 94 valence electrons. The highest BCUT2D eigenvalue weighted by atomic mass is 28.4. The zero-order chi connectivity index (χ0) is 12.3. The number of aliphatic imine (C=N–C) groups is 1. The summed E-state index contributed by atoms with van der Waals surface area (Å²) in [6, 6.07) is 2.56. The Morgan fingerprint density at radius 2 is 1.81 bits per heavy atom. The second-order valence-corrected chi connectivity index (χ2v) is 5.55. The Labute approximate surface area is 99.0 Å². The molecule has 0 saturated carbocycles. The summed E-state index contributed by atoms with van der Waals surface area (Å²) >= 11 is 0. The summed E-state index contributed by atoms with van der Waals surface area (Å²) in [7, 11) is 0.158. The van der Waals surface area contributed by atoms with Gasteiger partial charge in [-0.25, -0.2) is 4.99 Å². The average Bonchev–Trinajstić information content (AvgIpc) is 2.33. The lowest BCUT2D eigenvalue weighted by molar-refractivity contribution is 0.0985. The van der Waals surface area contributed by atoms with Crippen molar-refractivity contribution in [3.05, 3.63) is 0 Å². The predicted octanol–water partition coefficient (Wildman–Crippen LogP) is 2.12. The van der Waals surface area contributed by atoms with E-state index >= 15 is 0 Å². The fourth-order valence-electron chi connectivity index (χ4n) is 1.05. The maximum atomic E-state index is 5.58. The smallest absolute Gasteiger partial charge is 0.358 e. The van der Waals surface area contributed by atoms with Crippen LogP contribution in [0.3, 0.4) is 0 Å². The highest BCUT2D eigenvalue weighted by Crippen LogP contribution is 2.09. The van der Waals surface area contributed by atoms with E-state index in [4.69, 9.17) is 13.3 Å². The standard InChI is InChI=1S/C10H22N2O3Si/c1-5-7-8-9-15-16(13-3,14-4)12-10-11-6-2/h5-9H2,1-4H3. The second kappa shape index (κ2) is 9.69. The summed E-state index contributed by atoms with van der Waals surface area (Å²) in [5.74, 6) is 0. The van der Waals surface area contributed by atoms with Crippen LogP contribution in [0.15, 0.2) is 9.65 Å². The molecule has 0 aromatic rings. The van der Waals surface area contributed by atoms with Gasteiger partial charge in [0.05, 0.1) is 6.01 Å². The van der Waals surface area contributed by atoms with Crippen LogP contribution in [0.4, 0.5) is 0 Å². The minimum Gasteiger partial charge on any atom is -0.358 e. The van der Waals surface area contributed by atoms with E-state index in [9.17, 15) is 0 Å². The molecule has 5 nitrogen and oxygen atoms in total. The first-order valence-electron chi connectivity index (χ1n) is 5.62. The van der Waals surface area contributed by atoms with Gasteiger partial charge in [-0.1, -0.05) is 19.8 Å². The van der Waals surface area contributed by atoms with E-state index in [1.807, 2.05) is 6.92 Å². The van der Waals surface area contributed by atoms with E-state index in [1.165, 1.54) is 14.2 Å². The van der Waals surface area contributed by atoms with E-state index in [2.05, 4.69) is 22.6 Å². The van der Waals surface area contributed by atoms with Crippen molar-refractivity contribution < 1.29 is 13.3 Å². The molecule has 0 heterocycles. The highest BCUT2D eigenvalue weighted by Gasteiger charge is 2.40. The fourth-order valence-corrected chi connectivity index (χ4v) is 2.29. The van der Waals surface area contributed by atoms with E-state index in [0.717, 1.165) is 19.3 Å². The maximum Gasteiger partial charge on any atom is 0.661 e. The molecule has 0 amide bonds. The van der Waals surface area contributed by atoms with Gasteiger partial charge >= 0.3 is 8.97 Å². The Morgan fingerprint density at radius 1 is 1.12 bits per heavy atom. The first-order valence-corrected chi connectivity index (χ1v) is 7.29. The monoisotopic (exact) mass is 246 g/mol. The van der Waals surface area contributed by atoms with Crippen LogP contribution < -0.4 is 0 Å². The molecule has 0 fully saturated rings. The van der Waals surface area contributed by atoms with Gasteiger partial charge in [-0.05, 0) is 13.3 Å². The average molecular weight is 246 g/mol. The summed E-state index contributed by atoms with van der Waals surface area (Å²) < 4.78 is 20.1. The lowest BCUT2D eigenvalue weighted by Gasteiger charge is -2.19. The van der Waals surface area contributed by atoms with Crippen LogP contribution in [-0.4, -0.2) is 42.3 Å². The molecular weight excluding hydrogens is 224 g/mol. The lowest BCUT2D eigenvalue weighted by atomic mass is 10.3. The van der Waals surface area contributed by atoms with Crippen molar-refractivity contribution in [2.75, 3.05) is 27.4 Å². The first kappa shape index (κ1) is 15.5. The Hall–Kier alpha value is -0.523. The molecule has 0 spiro atoms. The summed E-state index contributed by atoms with van der Waals surface area (Å²) in [6.07, 6.45) is 3.27. The van der Waals surface area contributed by atoms with Crippen molar-refractivity contribution in [3.63, 3.8) is 0 Å². The fraction of sp³-hybridized carbons (Fsp3) is 0.900. The number of hydrogen-bond acceptors (Lipinski definition) is 5. The molecule has 0 radical (unpaired) electrons. The van der Waals surface area contributed by atoms with E-state index in [1.54, 1.807) is 0 Å². The highest BCUT2D eigenvalue weighted by molar-refractivity contribution is 6.59. The van der Waals surface area contributed by atoms with Gasteiger partial charge in [0, 0.05) is 27.4 Å². The largest absolute Gasteiger partial charge is 0.661 e. The quantitative estimate of drug-likeness (QED) is 0.356. The predicted molar refractivity (Wildman–Crippen MR) is 65.7 cm³/mol. The van der Waals surface area contributed by atoms with Crippen molar-refractivity contribution in [1.82, 2.24) is 0 Å². The zero-order valence-corrected chi connectivity index (χ0v) is 11.7. The third-order valence-electron chi connectivity index (χ3n) is 1.96. The minimum absolute atomic E-state index is 0.596. The molecule has 0 N–H and O–H groups in total. The SMILES string of the molecule is CCCCCO[Si](N=C=NCC)(OC)OC. The van der Waals surface area contributed by atoms with Crippen LogP contribution in [0.1, 0.15) is 33.1 Å². The zero-order valence-electron chi connectivity index (χ0n) is 10.7. The van der Waals surface area contributed by atoms with Crippen LogP contribution in [0.25, 0.3) is 0 Å². The van der Waals surface area contributed by atoms with Crippen molar-refractivity contribution >= 4 is 15.0 Å². The molecule has 0 saturated heterocycles. The lowest BCUT2D eigenvalue weighted by Crippen LogP contribution is -2.42. The van der Waals surface area contributed by atoms with Gasteiger partial charge in [-0.3, -0.25) is 0 Å². The topological polar surface area (TPSA) is 52.4 Å². The third kappa shape index (κ3) is 6.15. The van der Waals surface area contributed by atoms with Crippen LogP contribution >= 0.6 is 0 Å². The molecular formula is C10H22N2O3Si. The molecule has 0 aliphatic heterocycles. The molecule has 0 aliphatic rings. The molecule has 16 heavy (non-hydrogen) atoms. The Bertz CT molecular complexity index is 226. The van der Waals surface area contributed by atoms with Gasteiger partial charge in [0.25, 0.3) is 0 Å². The van der Waals surface area contributed by atoms with Gasteiger partial charge in [0.1, 0.15) is 0 Å². The van der Waals surface area contributed by atoms with E-state index in [-0.39, 0.29) is 0 Å². The molecule has 0 atom stereocenters. The molecule has 0 aromatic heterocycles. The van der Waals surface area contributed by atoms with Crippen molar-refractivity contribution in [2.45, 2.75) is 33.1 Å². The summed E-state index contributed by atoms with van der Waals surface area (Å²) in [4.78, 5) is 3.87. The molecule has 6 heteroatoms. The van der Waals surface area contributed by atoms with Crippen LogP contribution in [0, 0.1) is 0 Å². The number of rotatable bonds is 9. The van der Waals surface area contributed by atoms with Gasteiger partial charge in [0.2, 0.25) is 0 Å². The van der Waals surface area contributed by atoms with Crippen LogP contribution in [-0.2, 0) is 13.3 Å². The normalized spacial score (nSPS) is 11.0. The van der Waals surface area contributed by atoms with Gasteiger partial charge in [-0.2, -0.15) is 4.66 Å². The van der Waals surface area contributed by atoms with Gasteiger partial charge < -0.3 is 13.3 Å². The molecule has 0 aliphatic carbocycles. The summed E-state index contributed by atoms with van der Waals surface area (Å²) in [5.41, 5.74) is 0. The van der Waals surface area contributed by atoms with Gasteiger partial charge in [0.15, 0.2) is 0 Å². The third-order valence-corrected chi connectivity index (χ3v) is 3.94. The van der Waals surface area contributed by atoms with E-state index in [0.29, 0.717) is 13.2 Å². The Morgan fingerprint density at radius 3 is 2.31 bits per heavy atom. The van der Waals surface area contributed by atoms with E-state index < -0.39 is 8.97 Å². The van der Waals surface area contributed by atoms with Crippen molar-refractivity contribution in [1.29, 1.82) is 0 Å². The van der Waals surface area contributed by atoms with Crippen LogP contribution in [0.2, 0.25) is 0 Å². The number of unbranched alkanes of at least 4 members (excludes halogenated alkanes) is 2. The summed E-state index contributed by atoms with van der Waals surface area (Å²) in [5, 5.41) is 0. The molecule has 0 aromatic carbocycles. The number of hydrogen-bond donors (Lipinski definition) is 0. The minimum atomic E-state index is -2.91. The second-order valence-electron chi connectivity index (χ2n) is 3.17. The van der Waals surface area contributed by atoms with Crippen molar-refractivity contribution in [2.24, 2.45) is 9.65 Å². The van der Waals surface area contributed by atoms with Crippen molar-refractivity contribution in [3.8, 4) is 0 Å². The summed E-state index contributed by atoms with van der Waals surface area (Å²) in [6.45, 7) is 5.28. The maximum absolute atomic E-state index is 5.58. The molecule has 0 bridgehead atoms. The van der Waals surface area contributed by atoms with Crippen LogP contribution in [0.5, 0.6) is 0 Å². The number of nitrogens with zero attached hydrogens (tertiary/aromatic N) is 2. The molecule has 0 unspecified atom stereocenters. The first-order chi connectivity index (χ1) is 7.74.